The van der Waals surface area contributed by atoms with Crippen LogP contribution in [-0.2, 0) is 0 Å². The van der Waals surface area contributed by atoms with Crippen LogP contribution in [0.2, 0.25) is 0 Å². The molecule has 0 bridgehead atoms. The predicted octanol–water partition coefficient (Wildman–Crippen LogP) is 2.58. The van der Waals surface area contributed by atoms with Gasteiger partial charge in [-0.15, -0.1) is 0 Å². The van der Waals surface area contributed by atoms with E-state index in [-0.39, 0.29) is 11.7 Å². The zero-order chi connectivity index (χ0) is 13.3. The Bertz CT molecular complexity index is 590. The van der Waals surface area contributed by atoms with E-state index in [1.807, 2.05) is 0 Å². The maximum absolute atomic E-state index is 10.6. The fourth-order valence-electron chi connectivity index (χ4n) is 1.66. The van der Waals surface area contributed by atoms with Gasteiger partial charge in [-0.1, -0.05) is 0 Å². The summed E-state index contributed by atoms with van der Waals surface area (Å²) >= 11 is 0. The van der Waals surface area contributed by atoms with E-state index in [0.29, 0.717) is 11.7 Å². The first-order valence-electron chi connectivity index (χ1n) is 5.45. The quantitative estimate of drug-likeness (QED) is 0.664. The number of nitro benzene ring substituents is 1. The van der Waals surface area contributed by atoms with Crippen molar-refractivity contribution in [1.82, 2.24) is 4.98 Å². The van der Waals surface area contributed by atoms with E-state index in [1.165, 1.54) is 12.1 Å². The van der Waals surface area contributed by atoms with Crippen molar-refractivity contribution in [2.75, 3.05) is 0 Å². The van der Waals surface area contributed by atoms with Crippen molar-refractivity contribution in [2.24, 2.45) is 5.73 Å². The molecule has 1 heterocycles. The number of rotatable bonds is 3. The average Bonchev–Trinajstić information content (AvgIpc) is 2.78. The summed E-state index contributed by atoms with van der Waals surface area (Å²) in [6.45, 7) is 3.56. The number of nitrogens with zero attached hydrogens (tertiary/aromatic N) is 2. The van der Waals surface area contributed by atoms with E-state index in [2.05, 4.69) is 4.98 Å². The van der Waals surface area contributed by atoms with Crippen LogP contribution in [0.1, 0.15) is 24.4 Å². The molecular weight excluding hydrogens is 234 g/mol. The highest BCUT2D eigenvalue weighted by Crippen LogP contribution is 2.28. The summed E-state index contributed by atoms with van der Waals surface area (Å²) in [6, 6.07) is 4.32. The number of hydrogen-bond acceptors (Lipinski definition) is 5. The van der Waals surface area contributed by atoms with E-state index >= 15 is 0 Å². The summed E-state index contributed by atoms with van der Waals surface area (Å²) in [5, 5.41) is 10.6. The molecule has 6 heteroatoms. The van der Waals surface area contributed by atoms with Gasteiger partial charge in [-0.3, -0.25) is 10.1 Å². The van der Waals surface area contributed by atoms with Gasteiger partial charge in [0.15, 0.2) is 5.76 Å². The third-order valence-corrected chi connectivity index (χ3v) is 2.60. The summed E-state index contributed by atoms with van der Waals surface area (Å²) in [5.41, 5.74) is 7.26. The van der Waals surface area contributed by atoms with E-state index in [9.17, 15) is 10.1 Å². The molecule has 1 unspecified atom stereocenters. The van der Waals surface area contributed by atoms with Crippen LogP contribution in [-0.4, -0.2) is 9.91 Å². The number of nitrogens with two attached hydrogens (primary N) is 1. The number of aromatic nitrogens is 1. The maximum atomic E-state index is 10.6. The number of oxazole rings is 1. The van der Waals surface area contributed by atoms with Gasteiger partial charge in [0.1, 0.15) is 0 Å². The van der Waals surface area contributed by atoms with Crippen LogP contribution in [0, 0.1) is 17.0 Å². The molecule has 2 rings (SSSR count). The fourth-order valence-corrected chi connectivity index (χ4v) is 1.66. The summed E-state index contributed by atoms with van der Waals surface area (Å²) in [4.78, 5) is 14.3. The Morgan fingerprint density at radius 2 is 2.22 bits per heavy atom. The first-order valence-corrected chi connectivity index (χ1v) is 5.45. The van der Waals surface area contributed by atoms with Crippen molar-refractivity contribution in [3.8, 4) is 11.3 Å². The monoisotopic (exact) mass is 247 g/mol. The molecule has 0 fully saturated rings. The zero-order valence-electron chi connectivity index (χ0n) is 10.1. The molecule has 2 N–H and O–H groups in total. The second-order valence-electron chi connectivity index (χ2n) is 4.11. The van der Waals surface area contributed by atoms with E-state index in [4.69, 9.17) is 10.2 Å². The second kappa shape index (κ2) is 4.58. The maximum Gasteiger partial charge on any atom is 0.269 e. The molecule has 0 aliphatic carbocycles. The molecule has 2 aromatic rings. The Morgan fingerprint density at radius 1 is 1.50 bits per heavy atom. The molecule has 0 amide bonds. The lowest BCUT2D eigenvalue weighted by Gasteiger charge is -2.02. The van der Waals surface area contributed by atoms with E-state index < -0.39 is 4.92 Å². The largest absolute Gasteiger partial charge is 0.439 e. The summed E-state index contributed by atoms with van der Waals surface area (Å²) in [6.07, 6.45) is 1.58. The topological polar surface area (TPSA) is 95.2 Å². The van der Waals surface area contributed by atoms with Crippen molar-refractivity contribution < 1.29 is 9.34 Å². The van der Waals surface area contributed by atoms with Crippen LogP contribution < -0.4 is 5.73 Å². The Hall–Kier alpha value is -2.21. The molecule has 94 valence electrons. The summed E-state index contributed by atoms with van der Waals surface area (Å²) in [7, 11) is 0. The summed E-state index contributed by atoms with van der Waals surface area (Å²) in [5.74, 6) is 1.01. The van der Waals surface area contributed by atoms with Crippen molar-refractivity contribution in [2.45, 2.75) is 19.9 Å². The van der Waals surface area contributed by atoms with Crippen molar-refractivity contribution in [3.05, 3.63) is 46.0 Å². The highest BCUT2D eigenvalue weighted by molar-refractivity contribution is 5.63. The molecule has 1 aromatic carbocycles. The predicted molar refractivity (Wildman–Crippen MR) is 65.9 cm³/mol. The van der Waals surface area contributed by atoms with Gasteiger partial charge in [-0.05, 0) is 25.5 Å². The third kappa shape index (κ3) is 2.23. The van der Waals surface area contributed by atoms with Gasteiger partial charge in [0, 0.05) is 17.7 Å². The lowest BCUT2D eigenvalue weighted by Crippen LogP contribution is -2.04. The SMILES string of the molecule is Cc1cc([N+](=O)[O-])ccc1-c1cnc(C(C)N)o1. The average molecular weight is 247 g/mol. The minimum atomic E-state index is -0.426. The minimum Gasteiger partial charge on any atom is -0.439 e. The molecule has 18 heavy (non-hydrogen) atoms. The van der Waals surface area contributed by atoms with Crippen LogP contribution in [0.4, 0.5) is 5.69 Å². The van der Waals surface area contributed by atoms with Crippen LogP contribution in [0.25, 0.3) is 11.3 Å². The molecule has 1 aromatic heterocycles. The molecule has 0 aliphatic rings. The van der Waals surface area contributed by atoms with Gasteiger partial charge in [0.2, 0.25) is 5.89 Å². The van der Waals surface area contributed by atoms with Gasteiger partial charge in [0.05, 0.1) is 17.2 Å². The number of benzene rings is 1. The van der Waals surface area contributed by atoms with Gasteiger partial charge in [-0.2, -0.15) is 0 Å². The molecule has 0 spiro atoms. The fraction of sp³-hybridized carbons (Fsp3) is 0.250. The Labute approximate surface area is 104 Å². The molecular formula is C12H13N3O3. The van der Waals surface area contributed by atoms with E-state index in [1.54, 1.807) is 26.1 Å². The normalized spacial score (nSPS) is 12.4. The summed E-state index contributed by atoms with van der Waals surface area (Å²) < 4.78 is 5.51. The Morgan fingerprint density at radius 3 is 2.72 bits per heavy atom. The lowest BCUT2D eigenvalue weighted by atomic mass is 10.1. The lowest BCUT2D eigenvalue weighted by molar-refractivity contribution is -0.384. The molecule has 0 aliphatic heterocycles. The van der Waals surface area contributed by atoms with Crippen molar-refractivity contribution in [1.29, 1.82) is 0 Å². The minimum absolute atomic E-state index is 0.0585. The second-order valence-corrected chi connectivity index (χ2v) is 4.11. The molecule has 6 nitrogen and oxygen atoms in total. The first-order chi connectivity index (χ1) is 8.49. The van der Waals surface area contributed by atoms with Crippen LogP contribution in [0.3, 0.4) is 0 Å². The van der Waals surface area contributed by atoms with Gasteiger partial charge < -0.3 is 10.2 Å². The highest BCUT2D eigenvalue weighted by Gasteiger charge is 2.14. The zero-order valence-corrected chi connectivity index (χ0v) is 10.1. The first kappa shape index (κ1) is 12.3. The molecule has 1 atom stereocenters. The van der Waals surface area contributed by atoms with Crippen LogP contribution >= 0.6 is 0 Å². The van der Waals surface area contributed by atoms with Gasteiger partial charge >= 0.3 is 0 Å². The van der Waals surface area contributed by atoms with Crippen molar-refractivity contribution in [3.63, 3.8) is 0 Å². The van der Waals surface area contributed by atoms with Crippen LogP contribution in [0.15, 0.2) is 28.8 Å². The molecule has 0 saturated carbocycles. The van der Waals surface area contributed by atoms with Gasteiger partial charge in [0.25, 0.3) is 5.69 Å². The number of hydrogen-bond donors (Lipinski definition) is 1. The molecule has 0 radical (unpaired) electrons. The third-order valence-electron chi connectivity index (χ3n) is 2.60. The Kier molecular flexibility index (Phi) is 3.12. The number of nitro groups is 1. The highest BCUT2D eigenvalue weighted by atomic mass is 16.6. The standard InChI is InChI=1S/C12H13N3O3/c1-7-5-9(15(16)17)3-4-10(7)11-6-14-12(18-11)8(2)13/h3-6,8H,13H2,1-2H3. The van der Waals surface area contributed by atoms with Gasteiger partial charge in [-0.25, -0.2) is 4.98 Å². The number of aryl methyl sites for hydroxylation is 1. The molecule has 0 saturated heterocycles. The smallest absolute Gasteiger partial charge is 0.269 e. The van der Waals surface area contributed by atoms with Crippen molar-refractivity contribution >= 4 is 5.69 Å². The van der Waals surface area contributed by atoms with Crippen LogP contribution in [0.5, 0.6) is 0 Å². The number of non-ortho nitro benzene ring substituents is 1. The van der Waals surface area contributed by atoms with E-state index in [0.717, 1.165) is 11.1 Å². The Balaban J connectivity index is 2.41.